The van der Waals surface area contributed by atoms with E-state index in [4.69, 9.17) is 9.72 Å². The van der Waals surface area contributed by atoms with Crippen molar-refractivity contribution in [3.63, 3.8) is 0 Å². The Hall–Kier alpha value is -1.92. The highest BCUT2D eigenvalue weighted by Crippen LogP contribution is 2.24. The largest absolute Gasteiger partial charge is 0.369 e. The minimum atomic E-state index is 0.0279. The maximum Gasteiger partial charge on any atom is 0.128 e. The highest BCUT2D eigenvalue weighted by Gasteiger charge is 2.24. The summed E-state index contributed by atoms with van der Waals surface area (Å²) in [7, 11) is 4.02. The summed E-state index contributed by atoms with van der Waals surface area (Å²) in [6, 6.07) is 6.13. The molecule has 6 heteroatoms. The summed E-state index contributed by atoms with van der Waals surface area (Å²) in [6.45, 7) is 8.57. The zero-order valence-corrected chi connectivity index (χ0v) is 15.1. The second-order valence-electron chi connectivity index (χ2n) is 6.51. The topological polar surface area (TPSA) is 46.4 Å². The quantitative estimate of drug-likeness (QED) is 0.842. The minimum Gasteiger partial charge on any atom is -0.369 e. The number of rotatable bonds is 5. The molecule has 3 heterocycles. The molecule has 130 valence electrons. The van der Waals surface area contributed by atoms with Crippen LogP contribution in [0, 0.1) is 6.92 Å². The molecule has 0 amide bonds. The third-order valence-corrected chi connectivity index (χ3v) is 4.46. The molecule has 1 aliphatic rings. The molecule has 1 aliphatic heterocycles. The van der Waals surface area contributed by atoms with Crippen LogP contribution >= 0.6 is 0 Å². The van der Waals surface area contributed by atoms with E-state index in [1.807, 2.05) is 29.7 Å². The zero-order valence-electron chi connectivity index (χ0n) is 15.1. The number of hydrogen-bond donors (Lipinski definition) is 0. The van der Waals surface area contributed by atoms with E-state index in [2.05, 4.69) is 42.2 Å². The molecule has 0 bridgehead atoms. The van der Waals surface area contributed by atoms with Gasteiger partial charge in [0.05, 0.1) is 18.0 Å². The van der Waals surface area contributed by atoms with E-state index in [-0.39, 0.29) is 6.10 Å². The van der Waals surface area contributed by atoms with Gasteiger partial charge >= 0.3 is 0 Å². The number of aromatic nitrogens is 3. The molecule has 0 radical (unpaired) electrons. The van der Waals surface area contributed by atoms with E-state index >= 15 is 0 Å². The standard InChI is InChI=1S/C18H27N5O/c1-5-23-12-15(14(2)20-23)11-22-9-10-24-17(13-22)16-7-6-8-18(19-16)21(3)4/h6-8,12,17H,5,9-11,13H2,1-4H3/t17-/m0/s1. The maximum atomic E-state index is 5.98. The smallest absolute Gasteiger partial charge is 0.128 e. The summed E-state index contributed by atoms with van der Waals surface area (Å²) in [5.74, 6) is 0.966. The molecule has 0 unspecified atom stereocenters. The van der Waals surface area contributed by atoms with Gasteiger partial charge in [-0.05, 0) is 26.0 Å². The Morgan fingerprint density at radius 3 is 2.88 bits per heavy atom. The van der Waals surface area contributed by atoms with Crippen LogP contribution in [0.15, 0.2) is 24.4 Å². The van der Waals surface area contributed by atoms with Crippen LogP contribution in [0.25, 0.3) is 0 Å². The Bertz CT molecular complexity index is 682. The van der Waals surface area contributed by atoms with Crippen molar-refractivity contribution in [3.05, 3.63) is 41.3 Å². The fourth-order valence-electron chi connectivity index (χ4n) is 3.01. The van der Waals surface area contributed by atoms with E-state index in [9.17, 15) is 0 Å². The zero-order chi connectivity index (χ0) is 17.1. The van der Waals surface area contributed by atoms with Crippen molar-refractivity contribution in [1.82, 2.24) is 19.7 Å². The summed E-state index contributed by atoms with van der Waals surface area (Å²) in [5, 5.41) is 4.54. The molecule has 2 aromatic heterocycles. The summed E-state index contributed by atoms with van der Waals surface area (Å²) in [4.78, 5) is 9.18. The highest BCUT2D eigenvalue weighted by molar-refractivity contribution is 5.37. The Labute approximate surface area is 144 Å². The van der Waals surface area contributed by atoms with Gasteiger partial charge in [0.2, 0.25) is 0 Å². The van der Waals surface area contributed by atoms with Crippen molar-refractivity contribution in [3.8, 4) is 0 Å². The van der Waals surface area contributed by atoms with Crippen LogP contribution in [0.4, 0.5) is 5.82 Å². The average Bonchev–Trinajstić information content (AvgIpc) is 2.95. The average molecular weight is 329 g/mol. The van der Waals surface area contributed by atoms with Gasteiger partial charge in [-0.2, -0.15) is 5.10 Å². The second-order valence-corrected chi connectivity index (χ2v) is 6.51. The molecule has 0 saturated carbocycles. The van der Waals surface area contributed by atoms with Gasteiger partial charge in [0.1, 0.15) is 11.9 Å². The summed E-state index contributed by atoms with van der Waals surface area (Å²) in [5.41, 5.74) is 3.42. The lowest BCUT2D eigenvalue weighted by atomic mass is 10.1. The normalized spacial score (nSPS) is 18.8. The molecule has 0 N–H and O–H groups in total. The SMILES string of the molecule is CCn1cc(CN2CCO[C@H](c3cccc(N(C)C)n3)C2)c(C)n1. The van der Waals surface area contributed by atoms with E-state index in [1.165, 1.54) is 5.56 Å². The molecular formula is C18H27N5O. The highest BCUT2D eigenvalue weighted by atomic mass is 16.5. The lowest BCUT2D eigenvalue weighted by Gasteiger charge is -2.32. The van der Waals surface area contributed by atoms with Crippen LogP contribution in [0.5, 0.6) is 0 Å². The van der Waals surface area contributed by atoms with Crippen molar-refractivity contribution in [2.75, 3.05) is 38.7 Å². The van der Waals surface area contributed by atoms with Gasteiger partial charge in [-0.1, -0.05) is 6.07 Å². The first-order valence-electron chi connectivity index (χ1n) is 8.58. The molecule has 1 fully saturated rings. The molecule has 24 heavy (non-hydrogen) atoms. The number of anilines is 1. The van der Waals surface area contributed by atoms with Crippen molar-refractivity contribution in [2.45, 2.75) is 33.0 Å². The Morgan fingerprint density at radius 2 is 2.17 bits per heavy atom. The Morgan fingerprint density at radius 1 is 1.33 bits per heavy atom. The first-order valence-corrected chi connectivity index (χ1v) is 8.58. The van der Waals surface area contributed by atoms with Crippen LogP contribution in [0.2, 0.25) is 0 Å². The van der Waals surface area contributed by atoms with E-state index in [1.54, 1.807) is 0 Å². The van der Waals surface area contributed by atoms with Gasteiger partial charge in [0, 0.05) is 52.0 Å². The molecule has 0 spiro atoms. The van der Waals surface area contributed by atoms with Crippen molar-refractivity contribution in [1.29, 1.82) is 0 Å². The van der Waals surface area contributed by atoms with Crippen LogP contribution in [0.3, 0.4) is 0 Å². The summed E-state index contributed by atoms with van der Waals surface area (Å²) in [6.07, 6.45) is 2.19. The molecule has 0 aromatic carbocycles. The number of aryl methyl sites for hydroxylation is 2. The maximum absolute atomic E-state index is 5.98. The van der Waals surface area contributed by atoms with E-state index < -0.39 is 0 Å². The second kappa shape index (κ2) is 7.32. The van der Waals surface area contributed by atoms with Crippen molar-refractivity contribution >= 4 is 5.82 Å². The van der Waals surface area contributed by atoms with Crippen LogP contribution in [0.1, 0.15) is 30.0 Å². The Balaban J connectivity index is 1.70. The van der Waals surface area contributed by atoms with Crippen LogP contribution in [-0.2, 0) is 17.8 Å². The minimum absolute atomic E-state index is 0.0279. The molecule has 3 rings (SSSR count). The molecule has 1 atom stereocenters. The fraction of sp³-hybridized carbons (Fsp3) is 0.556. The van der Waals surface area contributed by atoms with Gasteiger partial charge in [-0.25, -0.2) is 4.98 Å². The number of pyridine rings is 1. The summed E-state index contributed by atoms with van der Waals surface area (Å²) >= 11 is 0. The van der Waals surface area contributed by atoms with Gasteiger partial charge in [0.15, 0.2) is 0 Å². The van der Waals surface area contributed by atoms with E-state index in [0.717, 1.165) is 50.0 Å². The third-order valence-electron chi connectivity index (χ3n) is 4.46. The third kappa shape index (κ3) is 3.76. The van der Waals surface area contributed by atoms with Crippen molar-refractivity contribution < 1.29 is 4.74 Å². The molecule has 0 aliphatic carbocycles. The monoisotopic (exact) mass is 329 g/mol. The van der Waals surface area contributed by atoms with Gasteiger partial charge < -0.3 is 9.64 Å². The molecule has 1 saturated heterocycles. The van der Waals surface area contributed by atoms with Gasteiger partial charge in [-0.15, -0.1) is 0 Å². The number of nitrogens with zero attached hydrogens (tertiary/aromatic N) is 5. The first kappa shape index (κ1) is 16.9. The summed E-state index contributed by atoms with van der Waals surface area (Å²) < 4.78 is 7.98. The molecule has 6 nitrogen and oxygen atoms in total. The van der Waals surface area contributed by atoms with Gasteiger partial charge in [0.25, 0.3) is 0 Å². The number of morpholine rings is 1. The Kier molecular flexibility index (Phi) is 5.16. The molecular weight excluding hydrogens is 302 g/mol. The lowest BCUT2D eigenvalue weighted by molar-refractivity contribution is -0.0350. The number of ether oxygens (including phenoxy) is 1. The predicted octanol–water partition coefficient (Wildman–Crippen LogP) is 2.25. The fourth-order valence-corrected chi connectivity index (χ4v) is 3.01. The van der Waals surface area contributed by atoms with Gasteiger partial charge in [-0.3, -0.25) is 9.58 Å². The first-order chi connectivity index (χ1) is 11.6. The lowest BCUT2D eigenvalue weighted by Crippen LogP contribution is -2.38. The van der Waals surface area contributed by atoms with Crippen LogP contribution < -0.4 is 4.90 Å². The van der Waals surface area contributed by atoms with E-state index in [0.29, 0.717) is 0 Å². The van der Waals surface area contributed by atoms with Crippen LogP contribution in [-0.4, -0.2) is 53.5 Å². The molecule has 2 aromatic rings. The number of hydrogen-bond acceptors (Lipinski definition) is 5. The van der Waals surface area contributed by atoms with Crippen molar-refractivity contribution in [2.24, 2.45) is 0 Å². The predicted molar refractivity (Wildman–Crippen MR) is 95.2 cm³/mol.